The minimum Gasteiger partial charge on any atom is -0.390 e. The van der Waals surface area contributed by atoms with Crippen LogP contribution in [0.5, 0.6) is 0 Å². The van der Waals surface area contributed by atoms with Crippen molar-refractivity contribution in [1.29, 1.82) is 0 Å². The zero-order chi connectivity index (χ0) is 23.0. The molecular formula is C11H18N3O13P3S. The molecule has 2 aliphatic heterocycles. The van der Waals surface area contributed by atoms with Crippen molar-refractivity contribution in [2.24, 2.45) is 0 Å². The van der Waals surface area contributed by atoms with Crippen LogP contribution in [0.2, 0.25) is 0 Å². The van der Waals surface area contributed by atoms with E-state index >= 15 is 0 Å². The van der Waals surface area contributed by atoms with E-state index in [0.717, 1.165) is 4.57 Å². The number of aliphatic hydroxyl groups is 1. The summed E-state index contributed by atoms with van der Waals surface area (Å²) in [6.45, 7) is -4.81. The molecule has 2 aliphatic rings. The van der Waals surface area contributed by atoms with Gasteiger partial charge in [-0.1, -0.05) is 0 Å². The summed E-state index contributed by atoms with van der Waals surface area (Å²) in [7, 11) is -10.9. The summed E-state index contributed by atoms with van der Waals surface area (Å²) in [6.07, 6.45) is -1.31. The highest BCUT2D eigenvalue weighted by molar-refractivity contribution is 8.08. The average molecular weight is 525 g/mol. The van der Waals surface area contributed by atoms with Gasteiger partial charge in [0.1, 0.15) is 12.3 Å². The Hall–Kier alpha value is -0.610. The molecule has 0 saturated carbocycles. The lowest BCUT2D eigenvalue weighted by atomic mass is 10.2. The maximum atomic E-state index is 12.2. The van der Waals surface area contributed by atoms with Gasteiger partial charge in [0.2, 0.25) is 0 Å². The van der Waals surface area contributed by atoms with Gasteiger partial charge in [-0.05, 0) is 11.8 Å². The van der Waals surface area contributed by atoms with Gasteiger partial charge in [-0.25, -0.2) is 23.7 Å². The van der Waals surface area contributed by atoms with Crippen LogP contribution in [0.25, 0.3) is 0 Å². The second-order valence-electron chi connectivity index (χ2n) is 6.32. The molecule has 1 fully saturated rings. The van der Waals surface area contributed by atoms with Crippen molar-refractivity contribution < 1.29 is 56.5 Å². The van der Waals surface area contributed by atoms with Crippen molar-refractivity contribution in [1.82, 2.24) is 9.55 Å². The molecule has 0 aliphatic carbocycles. The van der Waals surface area contributed by atoms with Crippen molar-refractivity contribution in [2.75, 3.05) is 18.7 Å². The van der Waals surface area contributed by atoms with Crippen LogP contribution in [-0.4, -0.2) is 59.7 Å². The number of nitrogens with zero attached hydrogens (tertiary/aromatic N) is 2. The maximum Gasteiger partial charge on any atom is 0.488 e. The third-order valence-electron chi connectivity index (χ3n) is 4.00. The summed E-state index contributed by atoms with van der Waals surface area (Å²) >= 11 is 4.50. The molecule has 3 heterocycles. The number of anilines is 1. The number of rotatable bonds is 8. The summed E-state index contributed by atoms with van der Waals surface area (Å²) in [4.78, 5) is 57.3. The van der Waals surface area contributed by atoms with E-state index in [1.54, 1.807) is 0 Å². The Balaban J connectivity index is 1.63. The van der Waals surface area contributed by atoms with Crippen LogP contribution in [0.15, 0.2) is 11.0 Å². The van der Waals surface area contributed by atoms with E-state index in [0.29, 0.717) is 18.6 Å². The standard InChI is InChI=1S/C11H18N3O13P3S/c15-7-3-9(14-4-6-1-2-23-13-10(6)12-11(14)16)25-8(7)5-24-30(22,31)27-29(20,21)26-28(17,18)19/h4,7-9,15H,1-3,5H2,(H,20,21)(H,22,31)(H,12,13,16)(H2,17,18,19)/t7-,8+,9+,30?/m0/s1. The highest BCUT2D eigenvalue weighted by Crippen LogP contribution is 2.66. The Labute approximate surface area is 178 Å². The van der Waals surface area contributed by atoms with Crippen LogP contribution in [0.1, 0.15) is 18.2 Å². The number of hydrogen-bond acceptors (Lipinski definition) is 12. The van der Waals surface area contributed by atoms with Gasteiger partial charge < -0.3 is 33.9 Å². The Morgan fingerprint density at radius 1 is 1.29 bits per heavy atom. The molecule has 0 spiro atoms. The molecule has 31 heavy (non-hydrogen) atoms. The smallest absolute Gasteiger partial charge is 0.390 e. The Morgan fingerprint density at radius 2 is 2.00 bits per heavy atom. The largest absolute Gasteiger partial charge is 0.488 e. The molecule has 1 saturated heterocycles. The maximum absolute atomic E-state index is 12.2. The number of phosphoric acid groups is 2. The highest BCUT2D eigenvalue weighted by Gasteiger charge is 2.41. The molecule has 16 nitrogen and oxygen atoms in total. The normalized spacial score (nSPS) is 27.7. The van der Waals surface area contributed by atoms with E-state index in [2.05, 4.69) is 30.9 Å². The molecule has 5 atom stereocenters. The third kappa shape index (κ3) is 6.93. The molecule has 0 amide bonds. The van der Waals surface area contributed by atoms with Gasteiger partial charge in [0.25, 0.3) is 0 Å². The highest BCUT2D eigenvalue weighted by atomic mass is 32.5. The molecule has 0 bridgehead atoms. The van der Waals surface area contributed by atoms with Gasteiger partial charge in [-0.15, -0.1) is 0 Å². The van der Waals surface area contributed by atoms with Crippen molar-refractivity contribution >= 4 is 40.0 Å². The van der Waals surface area contributed by atoms with E-state index in [-0.39, 0.29) is 12.2 Å². The monoisotopic (exact) mass is 525 g/mol. The minimum absolute atomic E-state index is 0.0483. The van der Waals surface area contributed by atoms with Crippen molar-refractivity contribution in [3.8, 4) is 0 Å². The molecule has 0 radical (unpaired) electrons. The molecule has 1 aromatic heterocycles. The van der Waals surface area contributed by atoms with E-state index in [9.17, 15) is 28.8 Å². The quantitative estimate of drug-likeness (QED) is 0.229. The van der Waals surface area contributed by atoms with E-state index in [4.69, 9.17) is 23.9 Å². The Kier molecular flexibility index (Phi) is 7.53. The minimum atomic E-state index is -5.46. The summed E-state index contributed by atoms with van der Waals surface area (Å²) in [5, 5.41) is 10.2. The summed E-state index contributed by atoms with van der Waals surface area (Å²) in [5.74, 6) is 0.273. The molecule has 1 aromatic rings. The fraction of sp³-hybridized carbons (Fsp3) is 0.636. The second-order valence-corrected chi connectivity index (χ2v) is 12.1. The Morgan fingerprint density at radius 3 is 2.68 bits per heavy atom. The SMILES string of the molecule is O=c1nc2c(cn1[C@H]1C[C@H](O)[C@@H](COP(O)(=S)OP(=O)(O)OP(=O)(O)O)O1)CCON2. The van der Waals surface area contributed by atoms with Gasteiger partial charge >= 0.3 is 28.1 Å². The number of ether oxygens (including phenoxy) is 1. The molecule has 0 aromatic carbocycles. The van der Waals surface area contributed by atoms with Gasteiger partial charge in [0, 0.05) is 24.6 Å². The summed E-state index contributed by atoms with van der Waals surface area (Å²) in [5.41, 5.74) is 2.53. The molecule has 176 valence electrons. The number of aliphatic hydroxyl groups excluding tert-OH is 1. The fourth-order valence-corrected chi connectivity index (χ4v) is 6.74. The number of hydrogen-bond donors (Lipinski definition) is 6. The van der Waals surface area contributed by atoms with Gasteiger partial charge in [0.15, 0.2) is 5.82 Å². The predicted octanol–water partition coefficient (Wildman–Crippen LogP) is -0.749. The molecule has 2 unspecified atom stereocenters. The Bertz CT molecular complexity index is 1030. The van der Waals surface area contributed by atoms with Gasteiger partial charge in [0.05, 0.1) is 19.3 Å². The van der Waals surface area contributed by atoms with Crippen molar-refractivity contribution in [3.05, 3.63) is 22.2 Å². The summed E-state index contributed by atoms with van der Waals surface area (Å²) < 4.78 is 41.3. The molecule has 20 heteroatoms. The first-order valence-electron chi connectivity index (χ1n) is 8.36. The van der Waals surface area contributed by atoms with E-state index in [1.807, 2.05) is 0 Å². The van der Waals surface area contributed by atoms with Crippen LogP contribution < -0.4 is 11.2 Å². The fourth-order valence-electron chi connectivity index (χ4n) is 2.77. The first-order chi connectivity index (χ1) is 14.2. The number of nitrogens with one attached hydrogen (secondary N) is 1. The van der Waals surface area contributed by atoms with E-state index < -0.39 is 53.1 Å². The van der Waals surface area contributed by atoms with Crippen LogP contribution >= 0.6 is 22.4 Å². The summed E-state index contributed by atoms with van der Waals surface area (Å²) in [6, 6.07) is 0. The lowest BCUT2D eigenvalue weighted by Crippen LogP contribution is -2.31. The third-order valence-corrected chi connectivity index (χ3v) is 8.72. The molecule has 6 N–H and O–H groups in total. The molecule has 3 rings (SSSR count). The van der Waals surface area contributed by atoms with Gasteiger partial charge in [-0.2, -0.15) is 9.29 Å². The van der Waals surface area contributed by atoms with Crippen LogP contribution in [0.4, 0.5) is 5.82 Å². The zero-order valence-corrected chi connectivity index (χ0v) is 18.8. The molecular weight excluding hydrogens is 507 g/mol. The van der Waals surface area contributed by atoms with Crippen LogP contribution in [-0.2, 0) is 50.1 Å². The van der Waals surface area contributed by atoms with Crippen LogP contribution in [0.3, 0.4) is 0 Å². The van der Waals surface area contributed by atoms with Crippen molar-refractivity contribution in [3.63, 3.8) is 0 Å². The van der Waals surface area contributed by atoms with E-state index in [1.165, 1.54) is 6.20 Å². The van der Waals surface area contributed by atoms with Gasteiger partial charge in [-0.3, -0.25) is 9.40 Å². The van der Waals surface area contributed by atoms with Crippen molar-refractivity contribution in [2.45, 2.75) is 31.3 Å². The lowest BCUT2D eigenvalue weighted by Gasteiger charge is -2.22. The first-order valence-corrected chi connectivity index (χ1v) is 14.0. The average Bonchev–Trinajstić information content (AvgIpc) is 2.97. The second kappa shape index (κ2) is 9.33. The first kappa shape index (κ1) is 25.0. The number of aromatic nitrogens is 2. The topological polar surface area (TPSA) is 228 Å². The lowest BCUT2D eigenvalue weighted by molar-refractivity contribution is -0.0427. The van der Waals surface area contributed by atoms with Crippen LogP contribution in [0, 0.1) is 0 Å². The zero-order valence-electron chi connectivity index (χ0n) is 15.3. The predicted molar refractivity (Wildman–Crippen MR) is 103 cm³/mol. The number of fused-ring (bicyclic) bond motifs is 1.